The maximum absolute atomic E-state index is 5.92. The lowest BCUT2D eigenvalue weighted by Crippen LogP contribution is -2.20. The summed E-state index contributed by atoms with van der Waals surface area (Å²) in [5, 5.41) is 6.82. The fourth-order valence-corrected chi connectivity index (χ4v) is 1.05. The Balaban J connectivity index is 2.70. The van der Waals surface area contributed by atoms with Gasteiger partial charge in [-0.2, -0.15) is 0 Å². The maximum atomic E-state index is 5.92. The third-order valence-electron chi connectivity index (χ3n) is 1.75. The molecule has 0 spiro atoms. The Kier molecular flexibility index (Phi) is 3.88. The first-order chi connectivity index (χ1) is 6.24. The molecule has 2 N–H and O–H groups in total. The van der Waals surface area contributed by atoms with Crippen molar-refractivity contribution in [1.29, 1.82) is 0 Å². The molecule has 0 fully saturated rings. The third-order valence-corrected chi connectivity index (χ3v) is 2.06. The van der Waals surface area contributed by atoms with Crippen LogP contribution in [-0.4, -0.2) is 19.6 Å². The first kappa shape index (κ1) is 10.2. The summed E-state index contributed by atoms with van der Waals surface area (Å²) in [6, 6.07) is 0.185. The van der Waals surface area contributed by atoms with Gasteiger partial charge in [0.15, 0.2) is 0 Å². The number of hydrogen-bond donors (Lipinski definition) is 2. The summed E-state index contributed by atoms with van der Waals surface area (Å²) in [4.78, 5) is 0. The van der Waals surface area contributed by atoms with Gasteiger partial charge in [0, 0.05) is 6.54 Å². The van der Waals surface area contributed by atoms with E-state index in [4.69, 9.17) is 11.6 Å². The summed E-state index contributed by atoms with van der Waals surface area (Å²) >= 11 is 5.92. The van der Waals surface area contributed by atoms with Crippen LogP contribution in [0.2, 0.25) is 0 Å². The van der Waals surface area contributed by atoms with Crippen LogP contribution >= 0.6 is 11.6 Å². The summed E-state index contributed by atoms with van der Waals surface area (Å²) < 4.78 is 0. The van der Waals surface area contributed by atoms with Crippen molar-refractivity contribution >= 4 is 11.6 Å². The van der Waals surface area contributed by atoms with E-state index in [2.05, 4.69) is 22.5 Å². The zero-order valence-electron chi connectivity index (χ0n) is 7.82. The van der Waals surface area contributed by atoms with Crippen LogP contribution in [0.3, 0.4) is 0 Å². The fourth-order valence-electron chi connectivity index (χ4n) is 0.848. The number of rotatable bonds is 1. The van der Waals surface area contributed by atoms with Crippen LogP contribution in [0.25, 0.3) is 0 Å². The van der Waals surface area contributed by atoms with Gasteiger partial charge in [-0.15, -0.1) is 0 Å². The smallest absolute Gasteiger partial charge is 0.104 e. The average Bonchev–Trinajstić information content (AvgIpc) is 2.16. The van der Waals surface area contributed by atoms with Crippen molar-refractivity contribution in [2.24, 2.45) is 0 Å². The highest BCUT2D eigenvalue weighted by Crippen LogP contribution is 2.11. The van der Waals surface area contributed by atoms with Crippen molar-refractivity contribution in [3.05, 3.63) is 22.9 Å². The third kappa shape index (κ3) is 3.14. The fraction of sp³-hybridized carbons (Fsp3) is 0.400. The topological polar surface area (TPSA) is 24.1 Å². The Labute approximate surface area is 84.0 Å². The molecule has 0 aromatic heterocycles. The zero-order chi connectivity index (χ0) is 9.68. The molecule has 13 heavy (non-hydrogen) atoms. The van der Waals surface area contributed by atoms with E-state index in [1.165, 1.54) is 0 Å². The molecule has 0 bridgehead atoms. The average molecular weight is 197 g/mol. The molecule has 1 rings (SSSR count). The van der Waals surface area contributed by atoms with Gasteiger partial charge < -0.3 is 10.6 Å². The zero-order valence-corrected chi connectivity index (χ0v) is 8.57. The van der Waals surface area contributed by atoms with E-state index in [0.29, 0.717) is 5.03 Å². The van der Waals surface area contributed by atoms with E-state index >= 15 is 0 Å². The van der Waals surface area contributed by atoms with Crippen molar-refractivity contribution in [2.75, 3.05) is 13.6 Å². The minimum atomic E-state index is 0.185. The van der Waals surface area contributed by atoms with Crippen molar-refractivity contribution < 1.29 is 0 Å². The highest BCUT2D eigenvalue weighted by molar-refractivity contribution is 6.31. The van der Waals surface area contributed by atoms with Crippen LogP contribution in [0, 0.1) is 11.8 Å². The maximum Gasteiger partial charge on any atom is 0.104 e. The van der Waals surface area contributed by atoms with Crippen LogP contribution < -0.4 is 10.6 Å². The van der Waals surface area contributed by atoms with E-state index in [9.17, 15) is 0 Å². The van der Waals surface area contributed by atoms with E-state index in [1.807, 2.05) is 26.1 Å². The van der Waals surface area contributed by atoms with Crippen LogP contribution in [0.15, 0.2) is 22.9 Å². The second-order valence-corrected chi connectivity index (χ2v) is 3.19. The van der Waals surface area contributed by atoms with Gasteiger partial charge in [-0.1, -0.05) is 23.6 Å². The van der Waals surface area contributed by atoms with Crippen molar-refractivity contribution in [1.82, 2.24) is 10.6 Å². The molecule has 1 unspecified atom stereocenters. The lowest BCUT2D eigenvalue weighted by molar-refractivity contribution is 0.749. The molecular formula is C10H13ClN2. The van der Waals surface area contributed by atoms with Crippen LogP contribution in [-0.2, 0) is 0 Å². The van der Waals surface area contributed by atoms with Gasteiger partial charge >= 0.3 is 0 Å². The Morgan fingerprint density at radius 2 is 2.46 bits per heavy atom. The minimum Gasteiger partial charge on any atom is -0.374 e. The monoisotopic (exact) mass is 196 g/mol. The van der Waals surface area contributed by atoms with Crippen LogP contribution in [0.4, 0.5) is 0 Å². The van der Waals surface area contributed by atoms with Gasteiger partial charge in [0.05, 0.1) is 11.1 Å². The summed E-state index contributed by atoms with van der Waals surface area (Å²) in [6.07, 6.45) is 3.83. The molecular weight excluding hydrogens is 184 g/mol. The molecule has 1 aliphatic rings. The predicted octanol–water partition coefficient (Wildman–Crippen LogP) is 1.21. The van der Waals surface area contributed by atoms with Crippen molar-refractivity contribution in [3.63, 3.8) is 0 Å². The Morgan fingerprint density at radius 3 is 3.08 bits per heavy atom. The van der Waals surface area contributed by atoms with Gasteiger partial charge in [-0.25, -0.2) is 0 Å². The van der Waals surface area contributed by atoms with Gasteiger partial charge in [-0.05, 0) is 26.0 Å². The number of dihydropyridines is 1. The van der Waals surface area contributed by atoms with Gasteiger partial charge in [0.2, 0.25) is 0 Å². The molecule has 0 amide bonds. The van der Waals surface area contributed by atoms with E-state index in [1.54, 1.807) is 0 Å². The molecule has 0 aromatic carbocycles. The molecule has 0 aliphatic carbocycles. The molecule has 1 heterocycles. The second-order valence-electron chi connectivity index (χ2n) is 2.79. The lowest BCUT2D eigenvalue weighted by atomic mass is 10.2. The van der Waals surface area contributed by atoms with E-state index < -0.39 is 0 Å². The Bertz CT molecular complexity index is 294. The molecule has 1 aliphatic heterocycles. The summed E-state index contributed by atoms with van der Waals surface area (Å²) in [6.45, 7) is 2.80. The highest BCUT2D eigenvalue weighted by Gasteiger charge is 2.01. The number of halogens is 1. The van der Waals surface area contributed by atoms with Gasteiger partial charge in [0.25, 0.3) is 0 Å². The molecule has 0 saturated heterocycles. The summed E-state index contributed by atoms with van der Waals surface area (Å²) in [5.74, 6) is 6.03. The molecule has 2 nitrogen and oxygen atoms in total. The normalized spacial score (nSPS) is 17.5. The standard InChI is InChI=1S/C10H13ClN2/c1-8(12-2)5-6-10-9(11)4-3-7-13-10/h3-4,8,12-13H,7H2,1-2H3. The quantitative estimate of drug-likeness (QED) is 0.616. The largest absolute Gasteiger partial charge is 0.374 e. The first-order valence-electron chi connectivity index (χ1n) is 4.23. The molecule has 0 radical (unpaired) electrons. The van der Waals surface area contributed by atoms with Crippen molar-refractivity contribution in [3.8, 4) is 11.8 Å². The van der Waals surface area contributed by atoms with Crippen LogP contribution in [0.5, 0.6) is 0 Å². The molecule has 1 atom stereocenters. The number of hydrogen-bond acceptors (Lipinski definition) is 2. The lowest BCUT2D eigenvalue weighted by Gasteiger charge is -2.08. The van der Waals surface area contributed by atoms with E-state index in [0.717, 1.165) is 12.2 Å². The SMILES string of the molecule is CNC(C)C#CC1=C(Cl)C=CCN1. The van der Waals surface area contributed by atoms with Crippen LogP contribution in [0.1, 0.15) is 6.92 Å². The summed E-state index contributed by atoms with van der Waals surface area (Å²) in [7, 11) is 1.88. The van der Waals surface area contributed by atoms with Crippen molar-refractivity contribution in [2.45, 2.75) is 13.0 Å². The van der Waals surface area contributed by atoms with E-state index in [-0.39, 0.29) is 6.04 Å². The summed E-state index contributed by atoms with van der Waals surface area (Å²) in [5.41, 5.74) is 0.811. The first-order valence-corrected chi connectivity index (χ1v) is 4.61. The molecule has 70 valence electrons. The number of allylic oxidation sites excluding steroid dienone is 3. The minimum absolute atomic E-state index is 0.185. The predicted molar refractivity (Wildman–Crippen MR) is 56.3 cm³/mol. The molecule has 0 aromatic rings. The second kappa shape index (κ2) is 4.96. The van der Waals surface area contributed by atoms with Gasteiger partial charge in [-0.3, -0.25) is 0 Å². The molecule has 0 saturated carbocycles. The highest BCUT2D eigenvalue weighted by atomic mass is 35.5. The molecule has 3 heteroatoms. The Hall–Kier alpha value is -0.910. The number of nitrogens with one attached hydrogen (secondary N) is 2. The Morgan fingerprint density at radius 1 is 1.69 bits per heavy atom. The van der Waals surface area contributed by atoms with Gasteiger partial charge in [0.1, 0.15) is 5.70 Å².